The fourth-order valence-electron chi connectivity index (χ4n) is 2.57. The number of nitrogens with zero attached hydrogens (tertiary/aromatic N) is 2. The number of aromatic amines is 1. The first-order valence-electron chi connectivity index (χ1n) is 6.40. The van der Waals surface area contributed by atoms with E-state index in [4.69, 9.17) is 0 Å². The summed E-state index contributed by atoms with van der Waals surface area (Å²) < 4.78 is 5.63. The Bertz CT molecular complexity index is 1080. The van der Waals surface area contributed by atoms with Crippen molar-refractivity contribution in [1.82, 2.24) is 8.94 Å². The number of rotatable bonds is 1. The van der Waals surface area contributed by atoms with Crippen molar-refractivity contribution >= 4 is 32.5 Å². The van der Waals surface area contributed by atoms with Crippen LogP contribution in [0.1, 0.15) is 5.56 Å². The average Bonchev–Trinajstić information content (AvgIpc) is 3.08. The van der Waals surface area contributed by atoms with Crippen LogP contribution in [0, 0.1) is 11.3 Å². The van der Waals surface area contributed by atoms with Gasteiger partial charge in [-0.15, -0.1) is 0 Å². The average molecular weight is 291 g/mol. The predicted molar refractivity (Wildman–Crippen MR) is 84.0 cm³/mol. The van der Waals surface area contributed by atoms with Gasteiger partial charge in [0.1, 0.15) is 6.07 Å². The molecule has 0 saturated carbocycles. The number of fused-ring (bicyclic) bond motifs is 2. The highest BCUT2D eigenvalue weighted by Crippen LogP contribution is 2.26. The normalized spacial score (nSPS) is 11.0. The van der Waals surface area contributed by atoms with Crippen LogP contribution in [0.25, 0.3) is 26.7 Å². The van der Waals surface area contributed by atoms with Gasteiger partial charge in [-0.05, 0) is 24.3 Å². The molecule has 0 bridgehead atoms. The van der Waals surface area contributed by atoms with E-state index in [9.17, 15) is 10.1 Å². The SMILES string of the molecule is N#Cc1cn(-c2ccc3c(=O)[nH]sc3c2)c2ccccc12. The number of hydrogen-bond donors (Lipinski definition) is 1. The zero-order valence-electron chi connectivity index (χ0n) is 10.8. The molecule has 100 valence electrons. The summed E-state index contributed by atoms with van der Waals surface area (Å²) in [5.41, 5.74) is 2.51. The second-order valence-electron chi connectivity index (χ2n) is 4.76. The van der Waals surface area contributed by atoms with Gasteiger partial charge in [0.25, 0.3) is 5.56 Å². The minimum absolute atomic E-state index is 0.0587. The molecule has 0 spiro atoms. The topological polar surface area (TPSA) is 61.6 Å². The number of H-pyrrole nitrogens is 1. The van der Waals surface area contributed by atoms with Gasteiger partial charge in [0, 0.05) is 17.3 Å². The fraction of sp³-hybridized carbons (Fsp3) is 0. The second-order valence-corrected chi connectivity index (χ2v) is 5.60. The van der Waals surface area contributed by atoms with Crippen LogP contribution in [-0.2, 0) is 0 Å². The van der Waals surface area contributed by atoms with Gasteiger partial charge in [-0.2, -0.15) is 5.26 Å². The van der Waals surface area contributed by atoms with Crippen LogP contribution in [-0.4, -0.2) is 8.94 Å². The molecule has 0 atom stereocenters. The molecular formula is C16H9N3OS. The van der Waals surface area contributed by atoms with Crippen molar-refractivity contribution in [2.45, 2.75) is 0 Å². The molecule has 5 heteroatoms. The molecule has 0 amide bonds. The van der Waals surface area contributed by atoms with Crippen molar-refractivity contribution < 1.29 is 0 Å². The number of nitrogens with one attached hydrogen (secondary N) is 1. The van der Waals surface area contributed by atoms with E-state index in [1.165, 1.54) is 11.5 Å². The van der Waals surface area contributed by atoms with E-state index in [1.807, 2.05) is 53.2 Å². The summed E-state index contributed by atoms with van der Waals surface area (Å²) in [5, 5.41) is 10.9. The lowest BCUT2D eigenvalue weighted by Crippen LogP contribution is -1.97. The maximum Gasteiger partial charge on any atom is 0.265 e. The minimum Gasteiger partial charge on any atom is -0.315 e. The first kappa shape index (κ1) is 11.9. The van der Waals surface area contributed by atoms with Gasteiger partial charge in [-0.1, -0.05) is 29.7 Å². The van der Waals surface area contributed by atoms with Gasteiger partial charge in [-0.25, -0.2) is 0 Å². The Labute approximate surface area is 123 Å². The van der Waals surface area contributed by atoms with E-state index < -0.39 is 0 Å². The van der Waals surface area contributed by atoms with Crippen molar-refractivity contribution in [2.75, 3.05) is 0 Å². The summed E-state index contributed by atoms with van der Waals surface area (Å²) in [4.78, 5) is 11.6. The van der Waals surface area contributed by atoms with Crippen molar-refractivity contribution in [3.63, 3.8) is 0 Å². The Morgan fingerprint density at radius 2 is 2.00 bits per heavy atom. The van der Waals surface area contributed by atoms with Crippen LogP contribution < -0.4 is 5.56 Å². The molecule has 2 heterocycles. The molecule has 21 heavy (non-hydrogen) atoms. The highest BCUT2D eigenvalue weighted by atomic mass is 32.1. The highest BCUT2D eigenvalue weighted by molar-refractivity contribution is 7.13. The maximum atomic E-state index is 11.6. The van der Waals surface area contributed by atoms with Gasteiger partial charge in [0.2, 0.25) is 0 Å². The predicted octanol–water partition coefficient (Wildman–Crippen LogP) is 3.41. The van der Waals surface area contributed by atoms with Crippen molar-refractivity contribution in [3.8, 4) is 11.8 Å². The third-order valence-corrected chi connectivity index (χ3v) is 4.42. The Kier molecular flexibility index (Phi) is 2.46. The molecule has 4 nitrogen and oxygen atoms in total. The third-order valence-electron chi connectivity index (χ3n) is 3.57. The summed E-state index contributed by atoms with van der Waals surface area (Å²) in [6.07, 6.45) is 1.83. The quantitative estimate of drug-likeness (QED) is 0.584. The van der Waals surface area contributed by atoms with Crippen molar-refractivity contribution in [2.24, 2.45) is 0 Å². The molecule has 1 N–H and O–H groups in total. The summed E-state index contributed by atoms with van der Waals surface area (Å²) in [7, 11) is 0. The zero-order chi connectivity index (χ0) is 14.4. The Morgan fingerprint density at radius 3 is 2.86 bits per heavy atom. The van der Waals surface area contributed by atoms with E-state index in [-0.39, 0.29) is 5.56 Å². The highest BCUT2D eigenvalue weighted by Gasteiger charge is 2.10. The van der Waals surface area contributed by atoms with E-state index in [0.29, 0.717) is 10.9 Å². The fourth-order valence-corrected chi connectivity index (χ4v) is 3.33. The summed E-state index contributed by atoms with van der Waals surface area (Å²) in [6.45, 7) is 0. The number of aromatic nitrogens is 2. The van der Waals surface area contributed by atoms with Gasteiger partial charge in [-0.3, -0.25) is 9.17 Å². The van der Waals surface area contributed by atoms with Gasteiger partial charge in [0.05, 0.1) is 21.2 Å². The standard InChI is InChI=1S/C16H9N3OS/c17-8-10-9-19(14-4-2-1-3-12(10)14)11-5-6-13-15(7-11)21-18-16(13)20/h1-7,9H,(H,18,20). The molecule has 0 aliphatic heterocycles. The van der Waals surface area contributed by atoms with Crippen molar-refractivity contribution in [1.29, 1.82) is 5.26 Å². The largest absolute Gasteiger partial charge is 0.315 e. The minimum atomic E-state index is -0.0587. The number of benzene rings is 2. The summed E-state index contributed by atoms with van der Waals surface area (Å²) in [5.74, 6) is 0. The van der Waals surface area contributed by atoms with Crippen LogP contribution in [0.15, 0.2) is 53.5 Å². The van der Waals surface area contributed by atoms with E-state index >= 15 is 0 Å². The first-order valence-corrected chi connectivity index (χ1v) is 7.21. The van der Waals surface area contributed by atoms with E-state index in [0.717, 1.165) is 21.3 Å². The Hall–Kier alpha value is -2.84. The molecule has 0 saturated heterocycles. The second kappa shape index (κ2) is 4.33. The monoisotopic (exact) mass is 291 g/mol. The number of nitriles is 1. The van der Waals surface area contributed by atoms with E-state index in [2.05, 4.69) is 10.4 Å². The molecule has 0 aliphatic carbocycles. The van der Waals surface area contributed by atoms with Crippen LogP contribution in [0.4, 0.5) is 0 Å². The van der Waals surface area contributed by atoms with E-state index in [1.54, 1.807) is 0 Å². The Balaban J connectivity index is 2.04. The molecule has 0 unspecified atom stereocenters. The molecular weight excluding hydrogens is 282 g/mol. The molecule has 4 aromatic rings. The Morgan fingerprint density at radius 1 is 1.14 bits per heavy atom. The van der Waals surface area contributed by atoms with Gasteiger partial charge in [0.15, 0.2) is 0 Å². The van der Waals surface area contributed by atoms with Gasteiger partial charge < -0.3 is 4.57 Å². The molecule has 2 aromatic carbocycles. The molecule has 2 aromatic heterocycles. The smallest absolute Gasteiger partial charge is 0.265 e. The lowest BCUT2D eigenvalue weighted by molar-refractivity contribution is 1.13. The maximum absolute atomic E-state index is 11.6. The molecule has 0 radical (unpaired) electrons. The first-order chi connectivity index (χ1) is 10.3. The molecule has 0 fully saturated rings. The number of para-hydroxylation sites is 1. The number of hydrogen-bond acceptors (Lipinski definition) is 3. The lowest BCUT2D eigenvalue weighted by atomic mass is 10.2. The molecule has 0 aliphatic rings. The summed E-state index contributed by atoms with van der Waals surface area (Å²) in [6, 6.07) is 15.7. The zero-order valence-corrected chi connectivity index (χ0v) is 11.6. The third kappa shape index (κ3) is 1.70. The van der Waals surface area contributed by atoms with Crippen molar-refractivity contribution in [3.05, 3.63) is 64.6 Å². The lowest BCUT2D eigenvalue weighted by Gasteiger charge is -2.04. The molecule has 4 rings (SSSR count). The van der Waals surface area contributed by atoms with Crippen LogP contribution in [0.5, 0.6) is 0 Å². The summed E-state index contributed by atoms with van der Waals surface area (Å²) >= 11 is 1.32. The van der Waals surface area contributed by atoms with Crippen LogP contribution in [0.2, 0.25) is 0 Å². The van der Waals surface area contributed by atoms with Crippen LogP contribution >= 0.6 is 11.5 Å². The van der Waals surface area contributed by atoms with Gasteiger partial charge >= 0.3 is 0 Å². The van der Waals surface area contributed by atoms with Crippen LogP contribution in [0.3, 0.4) is 0 Å².